The number of carbonyl (C=O) groups excluding carboxylic acids is 2. The Hall–Kier alpha value is -2.41. The Morgan fingerprint density at radius 1 is 1.26 bits per heavy atom. The Bertz CT molecular complexity index is 606. The average molecular weight is 278 g/mol. The first-order chi connectivity index (χ1) is 9.10. The van der Waals surface area contributed by atoms with E-state index in [1.807, 2.05) is 12.1 Å². The normalized spacial score (nSPS) is 9.95. The van der Waals surface area contributed by atoms with E-state index >= 15 is 0 Å². The van der Waals surface area contributed by atoms with Crippen LogP contribution in [0, 0.1) is 0 Å². The largest absolute Gasteiger partial charge is 0.497 e. The second-order valence-electron chi connectivity index (χ2n) is 3.48. The van der Waals surface area contributed by atoms with Crippen molar-refractivity contribution in [1.82, 2.24) is 4.98 Å². The lowest BCUT2D eigenvalue weighted by molar-refractivity contribution is -0.146. The predicted octanol–water partition coefficient (Wildman–Crippen LogP) is 1.21. The van der Waals surface area contributed by atoms with Crippen LogP contribution in [0.25, 0.3) is 11.3 Å². The monoisotopic (exact) mass is 278 g/mol. The molecule has 0 atom stereocenters. The highest BCUT2D eigenvalue weighted by Crippen LogP contribution is 2.27. The van der Waals surface area contributed by atoms with Crippen LogP contribution in [0.3, 0.4) is 0 Å². The number of carbonyl (C=O) groups is 2. The molecule has 2 N–H and O–H groups in total. The molecule has 0 spiro atoms. The fourth-order valence-corrected chi connectivity index (χ4v) is 2.00. The maximum atomic E-state index is 11.0. The molecule has 1 amide bonds. The van der Waals surface area contributed by atoms with Gasteiger partial charge in [0.2, 0.25) is 0 Å². The third-order valence-corrected chi connectivity index (χ3v) is 2.97. The van der Waals surface area contributed by atoms with Gasteiger partial charge in [-0.15, -0.1) is 0 Å². The highest BCUT2D eigenvalue weighted by atomic mass is 32.1. The Morgan fingerprint density at radius 3 is 2.53 bits per heavy atom. The Labute approximate surface area is 112 Å². The molecular formula is C12H10N2O4S. The average Bonchev–Trinajstić information content (AvgIpc) is 2.87. The molecule has 0 aliphatic heterocycles. The van der Waals surface area contributed by atoms with Gasteiger partial charge in [-0.05, 0) is 24.3 Å². The van der Waals surface area contributed by atoms with Crippen LogP contribution in [-0.4, -0.2) is 24.0 Å². The number of methoxy groups -OCH3 is 1. The van der Waals surface area contributed by atoms with Crippen LogP contribution in [0.2, 0.25) is 0 Å². The lowest BCUT2D eigenvalue weighted by atomic mass is 10.2. The SMILES string of the molecule is COc1ccc(-c2csc(OC(=O)C(N)=O)n2)cc1. The summed E-state index contributed by atoms with van der Waals surface area (Å²) < 4.78 is 9.74. The van der Waals surface area contributed by atoms with Gasteiger partial charge in [-0.25, -0.2) is 9.78 Å². The van der Waals surface area contributed by atoms with Gasteiger partial charge in [0.25, 0.3) is 5.19 Å². The maximum absolute atomic E-state index is 11.0. The number of hydrogen-bond acceptors (Lipinski definition) is 6. The number of ether oxygens (including phenoxy) is 2. The van der Waals surface area contributed by atoms with Crippen molar-refractivity contribution < 1.29 is 19.1 Å². The first kappa shape index (κ1) is 13.0. The van der Waals surface area contributed by atoms with Crippen molar-refractivity contribution in [2.24, 2.45) is 5.73 Å². The summed E-state index contributed by atoms with van der Waals surface area (Å²) in [6, 6.07) is 7.24. The standard InChI is InChI=1S/C12H10N2O4S/c1-17-8-4-2-7(3-5-8)9-6-19-12(14-9)18-11(16)10(13)15/h2-6H,1H3,(H2,13,15). The van der Waals surface area contributed by atoms with Gasteiger partial charge < -0.3 is 15.2 Å². The number of benzene rings is 1. The summed E-state index contributed by atoms with van der Waals surface area (Å²) in [5.74, 6) is -1.55. The number of thiazole rings is 1. The van der Waals surface area contributed by atoms with Crippen molar-refractivity contribution in [3.8, 4) is 22.2 Å². The van der Waals surface area contributed by atoms with Crippen molar-refractivity contribution >= 4 is 23.2 Å². The van der Waals surface area contributed by atoms with E-state index in [0.717, 1.165) is 22.6 Å². The molecule has 2 rings (SSSR count). The van der Waals surface area contributed by atoms with Gasteiger partial charge in [0.15, 0.2) is 0 Å². The first-order valence-corrected chi connectivity index (χ1v) is 6.09. The molecule has 0 radical (unpaired) electrons. The molecule has 0 saturated carbocycles. The summed E-state index contributed by atoms with van der Waals surface area (Å²) >= 11 is 1.11. The van der Waals surface area contributed by atoms with Gasteiger partial charge in [-0.3, -0.25) is 4.79 Å². The molecule has 1 aromatic heterocycles. The van der Waals surface area contributed by atoms with Crippen molar-refractivity contribution in [1.29, 1.82) is 0 Å². The third-order valence-electron chi connectivity index (χ3n) is 2.25. The molecule has 1 heterocycles. The minimum absolute atomic E-state index is 0.0784. The maximum Gasteiger partial charge on any atom is 0.403 e. The van der Waals surface area contributed by atoms with Crippen LogP contribution >= 0.6 is 11.3 Å². The van der Waals surface area contributed by atoms with E-state index in [1.54, 1.807) is 24.6 Å². The van der Waals surface area contributed by atoms with Crippen molar-refractivity contribution in [3.05, 3.63) is 29.6 Å². The van der Waals surface area contributed by atoms with Gasteiger partial charge in [0.1, 0.15) is 5.75 Å². The molecule has 0 aliphatic carbocycles. The fraction of sp³-hybridized carbons (Fsp3) is 0.0833. The molecule has 2 aromatic rings. The van der Waals surface area contributed by atoms with Gasteiger partial charge in [-0.1, -0.05) is 11.3 Å². The Morgan fingerprint density at radius 2 is 1.95 bits per heavy atom. The van der Waals surface area contributed by atoms with E-state index in [2.05, 4.69) is 4.98 Å². The van der Waals surface area contributed by atoms with Crippen LogP contribution < -0.4 is 15.2 Å². The molecule has 0 bridgehead atoms. The van der Waals surface area contributed by atoms with E-state index < -0.39 is 11.9 Å². The summed E-state index contributed by atoms with van der Waals surface area (Å²) in [4.78, 5) is 25.6. The van der Waals surface area contributed by atoms with Gasteiger partial charge in [-0.2, -0.15) is 0 Å². The highest BCUT2D eigenvalue weighted by molar-refractivity contribution is 7.11. The zero-order valence-corrected chi connectivity index (χ0v) is 10.8. The van der Waals surface area contributed by atoms with E-state index in [9.17, 15) is 9.59 Å². The van der Waals surface area contributed by atoms with Crippen molar-refractivity contribution in [2.75, 3.05) is 7.11 Å². The van der Waals surface area contributed by atoms with Crippen molar-refractivity contribution in [3.63, 3.8) is 0 Å². The van der Waals surface area contributed by atoms with E-state index in [1.165, 1.54) is 0 Å². The van der Waals surface area contributed by atoms with E-state index in [0.29, 0.717) is 5.69 Å². The minimum Gasteiger partial charge on any atom is -0.497 e. The molecule has 0 saturated heterocycles. The molecule has 0 fully saturated rings. The fourth-order valence-electron chi connectivity index (χ4n) is 1.33. The Kier molecular flexibility index (Phi) is 3.76. The summed E-state index contributed by atoms with van der Waals surface area (Å²) in [5, 5.41) is 1.79. The van der Waals surface area contributed by atoms with Gasteiger partial charge in [0.05, 0.1) is 12.8 Å². The summed E-state index contributed by atoms with van der Waals surface area (Å²) in [7, 11) is 1.58. The minimum atomic E-state index is -1.15. The number of esters is 1. The Balaban J connectivity index is 2.15. The van der Waals surface area contributed by atoms with Crippen LogP contribution in [0.15, 0.2) is 29.6 Å². The van der Waals surface area contributed by atoms with Gasteiger partial charge in [0, 0.05) is 10.9 Å². The lowest BCUT2D eigenvalue weighted by Crippen LogP contribution is -2.27. The number of primary amides is 1. The second kappa shape index (κ2) is 5.49. The molecule has 0 aliphatic rings. The van der Waals surface area contributed by atoms with E-state index in [-0.39, 0.29) is 5.19 Å². The zero-order chi connectivity index (χ0) is 13.8. The number of rotatable bonds is 3. The zero-order valence-electron chi connectivity index (χ0n) is 9.95. The van der Waals surface area contributed by atoms with Crippen molar-refractivity contribution in [2.45, 2.75) is 0 Å². The van der Waals surface area contributed by atoms with Gasteiger partial charge >= 0.3 is 11.9 Å². The predicted molar refractivity (Wildman–Crippen MR) is 68.9 cm³/mol. The summed E-state index contributed by atoms with van der Waals surface area (Å²) in [6.45, 7) is 0. The smallest absolute Gasteiger partial charge is 0.403 e. The van der Waals surface area contributed by atoms with Crippen LogP contribution in [0.1, 0.15) is 0 Å². The van der Waals surface area contributed by atoms with Crippen LogP contribution in [0.5, 0.6) is 10.9 Å². The number of nitrogens with two attached hydrogens (primary N) is 1. The molecule has 1 aromatic carbocycles. The number of hydrogen-bond donors (Lipinski definition) is 1. The number of nitrogens with zero attached hydrogens (tertiary/aromatic N) is 1. The third kappa shape index (κ3) is 3.08. The molecule has 98 valence electrons. The number of amides is 1. The van der Waals surface area contributed by atoms with E-state index in [4.69, 9.17) is 15.2 Å². The topological polar surface area (TPSA) is 91.5 Å². The first-order valence-electron chi connectivity index (χ1n) is 5.21. The number of aromatic nitrogens is 1. The molecule has 0 unspecified atom stereocenters. The molecule has 19 heavy (non-hydrogen) atoms. The molecule has 6 nitrogen and oxygen atoms in total. The summed E-state index contributed by atoms with van der Waals surface area (Å²) in [5.41, 5.74) is 6.27. The lowest BCUT2D eigenvalue weighted by Gasteiger charge is -2.00. The molecular weight excluding hydrogens is 268 g/mol. The second-order valence-corrected chi connectivity index (χ2v) is 4.30. The quantitative estimate of drug-likeness (QED) is 0.673. The highest BCUT2D eigenvalue weighted by Gasteiger charge is 2.14. The van der Waals surface area contributed by atoms with Crippen LogP contribution in [0.4, 0.5) is 0 Å². The summed E-state index contributed by atoms with van der Waals surface area (Å²) in [6.07, 6.45) is 0. The molecule has 7 heteroatoms. The van der Waals surface area contributed by atoms with Crippen LogP contribution in [-0.2, 0) is 9.59 Å².